The molecule has 4 rings (SSSR count). The molecule has 24 heavy (non-hydrogen) atoms. The number of hydrogen-bond acceptors (Lipinski definition) is 5. The molecule has 2 heterocycles. The first kappa shape index (κ1) is 14.4. The molecule has 0 saturated heterocycles. The molecule has 1 aromatic heterocycles. The van der Waals surface area contributed by atoms with Gasteiger partial charge in [0.25, 0.3) is 0 Å². The number of nitrogens with one attached hydrogen (secondary N) is 1. The van der Waals surface area contributed by atoms with Gasteiger partial charge in [-0.2, -0.15) is 5.10 Å². The Kier molecular flexibility index (Phi) is 3.70. The summed E-state index contributed by atoms with van der Waals surface area (Å²) in [6.07, 6.45) is 3.71. The summed E-state index contributed by atoms with van der Waals surface area (Å²) in [6.45, 7) is 1.38. The molecule has 1 aliphatic heterocycles. The third-order valence-corrected chi connectivity index (χ3v) is 3.88. The Labute approximate surface area is 139 Å². The highest BCUT2D eigenvalue weighted by atomic mass is 16.7. The summed E-state index contributed by atoms with van der Waals surface area (Å²) in [4.78, 5) is 0. The number of phenols is 1. The van der Waals surface area contributed by atoms with Crippen LogP contribution in [0.2, 0.25) is 0 Å². The molecule has 122 valence electrons. The van der Waals surface area contributed by atoms with E-state index in [0.29, 0.717) is 18.0 Å². The molecule has 2 N–H and O–H groups in total. The monoisotopic (exact) mass is 323 g/mol. The highest BCUT2D eigenvalue weighted by molar-refractivity contribution is 5.52. The van der Waals surface area contributed by atoms with Gasteiger partial charge in [0.2, 0.25) is 6.79 Å². The Balaban J connectivity index is 1.42. The topological polar surface area (TPSA) is 68.5 Å². The van der Waals surface area contributed by atoms with Crippen LogP contribution in [-0.2, 0) is 13.1 Å². The lowest BCUT2D eigenvalue weighted by atomic mass is 10.1. The third kappa shape index (κ3) is 2.99. The smallest absolute Gasteiger partial charge is 0.231 e. The van der Waals surface area contributed by atoms with Gasteiger partial charge in [0.15, 0.2) is 11.5 Å². The average Bonchev–Trinajstić information content (AvgIpc) is 3.22. The Hall–Kier alpha value is -3.15. The minimum Gasteiger partial charge on any atom is -0.507 e. The lowest BCUT2D eigenvalue weighted by molar-refractivity contribution is 0.174. The van der Waals surface area contributed by atoms with Gasteiger partial charge < -0.3 is 19.9 Å². The van der Waals surface area contributed by atoms with Gasteiger partial charge in [-0.05, 0) is 11.6 Å². The highest BCUT2D eigenvalue weighted by Gasteiger charge is 2.16. The molecule has 6 nitrogen and oxygen atoms in total. The maximum Gasteiger partial charge on any atom is 0.231 e. The van der Waals surface area contributed by atoms with Crippen molar-refractivity contribution in [1.82, 2.24) is 9.78 Å². The molecule has 1 aliphatic rings. The Morgan fingerprint density at radius 3 is 2.75 bits per heavy atom. The molecule has 0 atom stereocenters. The van der Waals surface area contributed by atoms with Crippen LogP contribution in [0.15, 0.2) is 54.9 Å². The van der Waals surface area contributed by atoms with Crippen molar-refractivity contribution < 1.29 is 14.6 Å². The predicted octanol–water partition coefficient (Wildman–Crippen LogP) is 2.98. The van der Waals surface area contributed by atoms with Crippen LogP contribution in [0.5, 0.6) is 17.2 Å². The van der Waals surface area contributed by atoms with E-state index in [2.05, 4.69) is 22.5 Å². The van der Waals surface area contributed by atoms with Gasteiger partial charge in [-0.3, -0.25) is 4.68 Å². The molecule has 0 amide bonds. The van der Waals surface area contributed by atoms with E-state index in [0.717, 1.165) is 17.8 Å². The van der Waals surface area contributed by atoms with Crippen LogP contribution in [-0.4, -0.2) is 21.7 Å². The largest absolute Gasteiger partial charge is 0.507 e. The normalized spacial score (nSPS) is 12.3. The van der Waals surface area contributed by atoms with E-state index in [-0.39, 0.29) is 12.5 Å². The second-order valence-electron chi connectivity index (χ2n) is 5.60. The van der Waals surface area contributed by atoms with Crippen molar-refractivity contribution in [2.24, 2.45) is 0 Å². The summed E-state index contributed by atoms with van der Waals surface area (Å²) in [7, 11) is 0. The summed E-state index contributed by atoms with van der Waals surface area (Å²) >= 11 is 0. The zero-order chi connectivity index (χ0) is 16.4. The number of aromatic hydroxyl groups is 1. The second kappa shape index (κ2) is 6.16. The fourth-order valence-electron chi connectivity index (χ4n) is 2.62. The SMILES string of the molecule is Oc1cc2c(cc1CNc1cnn(Cc3ccccc3)c1)OCO2. The van der Waals surface area contributed by atoms with Gasteiger partial charge in [-0.15, -0.1) is 0 Å². The van der Waals surface area contributed by atoms with Crippen LogP contribution in [0.25, 0.3) is 0 Å². The fourth-order valence-corrected chi connectivity index (χ4v) is 2.62. The molecular formula is C18H17N3O3. The summed E-state index contributed by atoms with van der Waals surface area (Å²) in [5.74, 6) is 1.42. The first-order valence-corrected chi connectivity index (χ1v) is 7.70. The fraction of sp³-hybridized carbons (Fsp3) is 0.167. The van der Waals surface area contributed by atoms with Gasteiger partial charge in [-0.25, -0.2) is 0 Å². The van der Waals surface area contributed by atoms with Crippen LogP contribution in [0.4, 0.5) is 5.69 Å². The maximum absolute atomic E-state index is 10.1. The van der Waals surface area contributed by atoms with Crippen molar-refractivity contribution in [3.05, 3.63) is 66.0 Å². The number of ether oxygens (including phenoxy) is 2. The molecule has 0 spiro atoms. The van der Waals surface area contributed by atoms with Crippen molar-refractivity contribution in [3.8, 4) is 17.2 Å². The molecule has 0 radical (unpaired) electrons. The van der Waals surface area contributed by atoms with Gasteiger partial charge in [0.1, 0.15) is 5.75 Å². The van der Waals surface area contributed by atoms with E-state index in [1.165, 1.54) is 5.56 Å². The van der Waals surface area contributed by atoms with Crippen LogP contribution in [0.1, 0.15) is 11.1 Å². The summed E-state index contributed by atoms with van der Waals surface area (Å²) in [6, 6.07) is 13.5. The molecule has 0 fully saturated rings. The van der Waals surface area contributed by atoms with Crippen LogP contribution in [0, 0.1) is 0 Å². The van der Waals surface area contributed by atoms with E-state index in [1.54, 1.807) is 18.3 Å². The number of hydrogen-bond donors (Lipinski definition) is 2. The number of nitrogens with zero attached hydrogens (tertiary/aromatic N) is 2. The van der Waals surface area contributed by atoms with Gasteiger partial charge >= 0.3 is 0 Å². The maximum atomic E-state index is 10.1. The lowest BCUT2D eigenvalue weighted by Crippen LogP contribution is -2.00. The van der Waals surface area contributed by atoms with Crippen LogP contribution >= 0.6 is 0 Å². The highest BCUT2D eigenvalue weighted by Crippen LogP contribution is 2.37. The molecular weight excluding hydrogens is 306 g/mol. The molecule has 0 unspecified atom stereocenters. The van der Waals surface area contributed by atoms with Gasteiger partial charge in [-0.1, -0.05) is 30.3 Å². The van der Waals surface area contributed by atoms with Crippen molar-refractivity contribution in [2.45, 2.75) is 13.1 Å². The average molecular weight is 323 g/mol. The van der Waals surface area contributed by atoms with Crippen molar-refractivity contribution >= 4 is 5.69 Å². The Morgan fingerprint density at radius 1 is 1.12 bits per heavy atom. The van der Waals surface area contributed by atoms with Crippen molar-refractivity contribution in [3.63, 3.8) is 0 Å². The lowest BCUT2D eigenvalue weighted by Gasteiger charge is -2.07. The number of aromatic nitrogens is 2. The van der Waals surface area contributed by atoms with E-state index in [1.807, 2.05) is 29.1 Å². The predicted molar refractivity (Wildman–Crippen MR) is 89.3 cm³/mol. The van der Waals surface area contributed by atoms with E-state index < -0.39 is 0 Å². The molecule has 0 bridgehead atoms. The summed E-state index contributed by atoms with van der Waals surface area (Å²) in [5, 5.41) is 17.7. The quantitative estimate of drug-likeness (QED) is 0.755. The number of phenolic OH excluding ortho intramolecular Hbond substituents is 1. The van der Waals surface area contributed by atoms with Crippen molar-refractivity contribution in [1.29, 1.82) is 0 Å². The molecule has 6 heteroatoms. The van der Waals surface area contributed by atoms with E-state index in [9.17, 15) is 5.11 Å². The first-order chi connectivity index (χ1) is 11.8. The first-order valence-electron chi connectivity index (χ1n) is 7.70. The van der Waals surface area contributed by atoms with E-state index >= 15 is 0 Å². The zero-order valence-electron chi connectivity index (χ0n) is 13.0. The third-order valence-electron chi connectivity index (χ3n) is 3.88. The van der Waals surface area contributed by atoms with Crippen LogP contribution < -0.4 is 14.8 Å². The summed E-state index contributed by atoms with van der Waals surface area (Å²) < 4.78 is 12.5. The minimum atomic E-state index is 0.184. The molecule has 0 aliphatic carbocycles. The van der Waals surface area contributed by atoms with Crippen molar-refractivity contribution in [2.75, 3.05) is 12.1 Å². The number of rotatable bonds is 5. The molecule has 0 saturated carbocycles. The van der Waals surface area contributed by atoms with Gasteiger partial charge in [0.05, 0.1) is 18.4 Å². The molecule has 3 aromatic rings. The zero-order valence-corrected chi connectivity index (χ0v) is 13.0. The second-order valence-corrected chi connectivity index (χ2v) is 5.60. The number of fused-ring (bicyclic) bond motifs is 1. The van der Waals surface area contributed by atoms with E-state index in [4.69, 9.17) is 9.47 Å². The summed E-state index contributed by atoms with van der Waals surface area (Å²) in [5.41, 5.74) is 2.83. The van der Waals surface area contributed by atoms with Crippen LogP contribution in [0.3, 0.4) is 0 Å². The molecule has 2 aromatic carbocycles. The Morgan fingerprint density at radius 2 is 1.92 bits per heavy atom. The van der Waals surface area contributed by atoms with Gasteiger partial charge in [0, 0.05) is 24.4 Å². The minimum absolute atomic E-state index is 0.184. The standard InChI is InChI=1S/C18H17N3O3/c22-16-7-18-17(23-12-24-18)6-14(16)8-19-15-9-20-21(11-15)10-13-4-2-1-3-5-13/h1-7,9,11,19,22H,8,10,12H2. The number of benzene rings is 2. The Bertz CT molecular complexity index is 846. The number of anilines is 1.